The molecule has 0 spiro atoms. The minimum Gasteiger partial charge on any atom is -0.326 e. The van der Waals surface area contributed by atoms with Gasteiger partial charge in [-0.15, -0.1) is 0 Å². The number of rotatable bonds is 5. The van der Waals surface area contributed by atoms with Crippen LogP contribution in [0, 0.1) is 5.92 Å². The quantitative estimate of drug-likeness (QED) is 0.862. The molecule has 1 saturated heterocycles. The topological polar surface area (TPSA) is 41.1 Å². The summed E-state index contributed by atoms with van der Waals surface area (Å²) in [5, 5.41) is 6.35. The summed E-state index contributed by atoms with van der Waals surface area (Å²) in [6.45, 7) is 6.55. The van der Waals surface area contributed by atoms with Gasteiger partial charge in [-0.25, -0.2) is 0 Å². The molecule has 110 valence electrons. The molecule has 0 atom stereocenters. The summed E-state index contributed by atoms with van der Waals surface area (Å²) in [4.78, 5) is 11.9. The molecule has 1 heterocycles. The second-order valence-corrected chi connectivity index (χ2v) is 6.06. The number of nitrogens with one attached hydrogen (secondary N) is 2. The van der Waals surface area contributed by atoms with Crippen molar-refractivity contribution in [1.29, 1.82) is 0 Å². The highest BCUT2D eigenvalue weighted by molar-refractivity contribution is 5.90. The highest BCUT2D eigenvalue weighted by atomic mass is 16.1. The normalized spacial score (nSPS) is 16.4. The fourth-order valence-electron chi connectivity index (χ4n) is 2.68. The van der Waals surface area contributed by atoms with Crippen LogP contribution in [0.15, 0.2) is 24.3 Å². The molecule has 2 rings (SSSR count). The molecule has 1 aromatic rings. The fraction of sp³-hybridized carbons (Fsp3) is 0.588. The first-order chi connectivity index (χ1) is 9.65. The zero-order valence-electron chi connectivity index (χ0n) is 12.6. The Balaban J connectivity index is 1.75. The number of piperidine rings is 1. The maximum absolute atomic E-state index is 11.9. The summed E-state index contributed by atoms with van der Waals surface area (Å²) in [5.41, 5.74) is 2.21. The van der Waals surface area contributed by atoms with Gasteiger partial charge in [0.1, 0.15) is 0 Å². The molecular weight excluding hydrogens is 248 g/mol. The van der Waals surface area contributed by atoms with Crippen molar-refractivity contribution in [3.63, 3.8) is 0 Å². The Bertz CT molecular complexity index is 419. The van der Waals surface area contributed by atoms with Gasteiger partial charge in [-0.1, -0.05) is 26.0 Å². The Kier molecular flexibility index (Phi) is 5.60. The zero-order chi connectivity index (χ0) is 14.4. The largest absolute Gasteiger partial charge is 0.326 e. The van der Waals surface area contributed by atoms with Crippen molar-refractivity contribution in [2.75, 3.05) is 18.4 Å². The van der Waals surface area contributed by atoms with E-state index >= 15 is 0 Å². The van der Waals surface area contributed by atoms with Crippen LogP contribution in [0.2, 0.25) is 0 Å². The van der Waals surface area contributed by atoms with Crippen molar-refractivity contribution in [2.45, 2.75) is 45.4 Å². The predicted octanol–water partition coefficient (Wildman–Crippen LogP) is 3.53. The smallest absolute Gasteiger partial charge is 0.224 e. The monoisotopic (exact) mass is 274 g/mol. The van der Waals surface area contributed by atoms with Crippen molar-refractivity contribution in [3.8, 4) is 0 Å². The molecule has 0 aromatic heterocycles. The standard InChI is InChI=1S/C17H26N2O/c1-13(2)15-4-6-16(7-5-15)19-17(20)8-3-14-9-11-18-12-10-14/h4-7,13-14,18H,3,8-12H2,1-2H3,(H,19,20). The van der Waals surface area contributed by atoms with Crippen LogP contribution >= 0.6 is 0 Å². The van der Waals surface area contributed by atoms with Crippen molar-refractivity contribution in [1.82, 2.24) is 5.32 Å². The van der Waals surface area contributed by atoms with Gasteiger partial charge in [-0.2, -0.15) is 0 Å². The van der Waals surface area contributed by atoms with Gasteiger partial charge in [-0.3, -0.25) is 4.79 Å². The van der Waals surface area contributed by atoms with Crippen LogP contribution in [0.1, 0.15) is 51.0 Å². The van der Waals surface area contributed by atoms with Crippen molar-refractivity contribution in [2.24, 2.45) is 5.92 Å². The summed E-state index contributed by atoms with van der Waals surface area (Å²) < 4.78 is 0. The Morgan fingerprint density at radius 3 is 2.50 bits per heavy atom. The summed E-state index contributed by atoms with van der Waals surface area (Å²) in [7, 11) is 0. The van der Waals surface area contributed by atoms with Crippen LogP contribution in [0.4, 0.5) is 5.69 Å². The Labute approximate surface area is 122 Å². The van der Waals surface area contributed by atoms with Crippen LogP contribution in [0.25, 0.3) is 0 Å². The molecule has 3 heteroatoms. The van der Waals surface area contributed by atoms with Crippen LogP contribution in [-0.2, 0) is 4.79 Å². The average Bonchev–Trinajstić information content (AvgIpc) is 2.47. The maximum atomic E-state index is 11.9. The summed E-state index contributed by atoms with van der Waals surface area (Å²) >= 11 is 0. The first-order valence-electron chi connectivity index (χ1n) is 7.75. The Morgan fingerprint density at radius 2 is 1.90 bits per heavy atom. The molecule has 0 unspecified atom stereocenters. The van der Waals surface area contributed by atoms with Crippen LogP contribution in [0.5, 0.6) is 0 Å². The van der Waals surface area contributed by atoms with Crippen LogP contribution in [-0.4, -0.2) is 19.0 Å². The molecule has 1 aliphatic rings. The van der Waals surface area contributed by atoms with Crippen molar-refractivity contribution < 1.29 is 4.79 Å². The van der Waals surface area contributed by atoms with Gasteiger partial charge in [-0.05, 0) is 61.9 Å². The van der Waals surface area contributed by atoms with E-state index in [4.69, 9.17) is 0 Å². The van der Waals surface area contributed by atoms with Crippen molar-refractivity contribution >= 4 is 11.6 Å². The summed E-state index contributed by atoms with van der Waals surface area (Å²) in [6, 6.07) is 8.18. The lowest BCUT2D eigenvalue weighted by Crippen LogP contribution is -2.28. The highest BCUT2D eigenvalue weighted by Crippen LogP contribution is 2.19. The Morgan fingerprint density at radius 1 is 1.25 bits per heavy atom. The van der Waals surface area contributed by atoms with E-state index in [1.54, 1.807) is 0 Å². The highest BCUT2D eigenvalue weighted by Gasteiger charge is 2.14. The lowest BCUT2D eigenvalue weighted by atomic mass is 9.93. The first-order valence-corrected chi connectivity index (χ1v) is 7.75. The molecule has 1 fully saturated rings. The lowest BCUT2D eigenvalue weighted by Gasteiger charge is -2.22. The van der Waals surface area contributed by atoms with E-state index in [1.165, 1.54) is 18.4 Å². The SMILES string of the molecule is CC(C)c1ccc(NC(=O)CCC2CCNCC2)cc1. The molecule has 1 aliphatic heterocycles. The Hall–Kier alpha value is -1.35. The summed E-state index contributed by atoms with van der Waals surface area (Å²) in [5.74, 6) is 1.38. The molecule has 2 N–H and O–H groups in total. The molecular formula is C17H26N2O. The third kappa shape index (κ3) is 4.64. The molecule has 0 radical (unpaired) electrons. The summed E-state index contributed by atoms with van der Waals surface area (Å²) in [6.07, 6.45) is 4.06. The lowest BCUT2D eigenvalue weighted by molar-refractivity contribution is -0.116. The number of anilines is 1. The van der Waals surface area contributed by atoms with E-state index in [0.29, 0.717) is 18.3 Å². The maximum Gasteiger partial charge on any atom is 0.224 e. The van der Waals surface area contributed by atoms with E-state index in [9.17, 15) is 4.79 Å². The van der Waals surface area contributed by atoms with Crippen LogP contribution in [0.3, 0.4) is 0 Å². The predicted molar refractivity (Wildman–Crippen MR) is 84.0 cm³/mol. The van der Waals surface area contributed by atoms with Gasteiger partial charge >= 0.3 is 0 Å². The molecule has 20 heavy (non-hydrogen) atoms. The minimum absolute atomic E-state index is 0.140. The zero-order valence-corrected chi connectivity index (χ0v) is 12.6. The second-order valence-electron chi connectivity index (χ2n) is 6.06. The average molecular weight is 274 g/mol. The van der Waals surface area contributed by atoms with E-state index in [0.717, 1.165) is 25.2 Å². The van der Waals surface area contributed by atoms with Gasteiger partial charge < -0.3 is 10.6 Å². The van der Waals surface area contributed by atoms with Gasteiger partial charge in [0.2, 0.25) is 5.91 Å². The molecule has 3 nitrogen and oxygen atoms in total. The molecule has 0 saturated carbocycles. The molecule has 1 amide bonds. The van der Waals surface area contributed by atoms with Gasteiger partial charge in [0.25, 0.3) is 0 Å². The van der Waals surface area contributed by atoms with E-state index in [1.807, 2.05) is 12.1 Å². The van der Waals surface area contributed by atoms with Gasteiger partial charge in [0, 0.05) is 12.1 Å². The molecule has 1 aromatic carbocycles. The second kappa shape index (κ2) is 7.44. The third-order valence-corrected chi connectivity index (χ3v) is 4.10. The fourth-order valence-corrected chi connectivity index (χ4v) is 2.68. The third-order valence-electron chi connectivity index (χ3n) is 4.10. The number of amides is 1. The molecule has 0 aliphatic carbocycles. The first kappa shape index (κ1) is 15.0. The van der Waals surface area contributed by atoms with E-state index in [2.05, 4.69) is 36.6 Å². The molecule has 0 bridgehead atoms. The minimum atomic E-state index is 0.140. The van der Waals surface area contributed by atoms with E-state index < -0.39 is 0 Å². The van der Waals surface area contributed by atoms with E-state index in [-0.39, 0.29) is 5.91 Å². The number of carbonyl (C=O) groups is 1. The number of hydrogen-bond acceptors (Lipinski definition) is 2. The number of hydrogen-bond donors (Lipinski definition) is 2. The van der Waals surface area contributed by atoms with Gasteiger partial charge in [0.05, 0.1) is 0 Å². The number of benzene rings is 1. The van der Waals surface area contributed by atoms with Gasteiger partial charge in [0.15, 0.2) is 0 Å². The number of carbonyl (C=O) groups excluding carboxylic acids is 1. The van der Waals surface area contributed by atoms with Crippen molar-refractivity contribution in [3.05, 3.63) is 29.8 Å². The van der Waals surface area contributed by atoms with Crippen LogP contribution < -0.4 is 10.6 Å².